The SMILES string of the molecule is CCO[C@@H]1C=C[C@H](n2cc(C#Cc3ccc(-c4nc(-c5ccccc5)no4)cc3)c(=O)[nH]c2=O)[C@@H](CO[Si](C)(C)C(C)(C)C)O1. The molecule has 11 heteroatoms. The van der Waals surface area contributed by atoms with Crippen LogP contribution < -0.4 is 11.2 Å². The zero-order valence-electron chi connectivity index (χ0n) is 26.4. The van der Waals surface area contributed by atoms with Crippen LogP contribution in [0.4, 0.5) is 0 Å². The molecule has 0 fully saturated rings. The van der Waals surface area contributed by atoms with E-state index in [1.807, 2.05) is 55.5 Å². The molecule has 0 saturated carbocycles. The molecule has 3 atom stereocenters. The van der Waals surface area contributed by atoms with Crippen LogP contribution in [0.25, 0.3) is 22.8 Å². The summed E-state index contributed by atoms with van der Waals surface area (Å²) in [5.74, 6) is 6.83. The summed E-state index contributed by atoms with van der Waals surface area (Å²) in [7, 11) is -2.11. The molecule has 0 spiro atoms. The number of benzene rings is 2. The van der Waals surface area contributed by atoms with Gasteiger partial charge in [-0.05, 0) is 55.4 Å². The molecule has 0 bridgehead atoms. The molecule has 0 aliphatic carbocycles. The average Bonchev–Trinajstić information content (AvgIpc) is 3.51. The Hall–Kier alpha value is -4.34. The normalized spacial score (nSPS) is 18.4. The standard InChI is InChI=1S/C34H38N4O6Si/c1-7-41-29-20-19-27(28(43-29)22-42-45(5,6)34(2,3)4)38-21-26(31(39)36-33(38)40)18-15-23-13-16-25(17-14-23)32-35-30(37-44-32)24-11-9-8-10-12-24/h8-14,16-17,19-21,27-29H,7,22H2,1-6H3,(H,36,39,40)/t27-,28+,29-/m0/s1. The van der Waals surface area contributed by atoms with Gasteiger partial charge in [0.2, 0.25) is 5.82 Å². The average molecular weight is 627 g/mol. The van der Waals surface area contributed by atoms with Crippen LogP contribution in [-0.4, -0.2) is 53.6 Å². The van der Waals surface area contributed by atoms with Crippen molar-refractivity contribution in [2.24, 2.45) is 0 Å². The van der Waals surface area contributed by atoms with Crippen molar-refractivity contribution in [3.05, 3.63) is 105 Å². The summed E-state index contributed by atoms with van der Waals surface area (Å²) in [5, 5.41) is 4.07. The van der Waals surface area contributed by atoms with E-state index in [2.05, 4.69) is 60.8 Å². The van der Waals surface area contributed by atoms with Crippen LogP contribution in [0.15, 0.2) is 87.1 Å². The van der Waals surface area contributed by atoms with E-state index in [1.165, 1.54) is 10.8 Å². The fraction of sp³-hybridized carbons (Fsp3) is 0.353. The number of hydrogen-bond donors (Lipinski definition) is 1. The fourth-order valence-electron chi connectivity index (χ4n) is 4.48. The number of H-pyrrole nitrogens is 1. The second-order valence-electron chi connectivity index (χ2n) is 12.3. The van der Waals surface area contributed by atoms with Crippen molar-refractivity contribution in [2.45, 2.75) is 64.3 Å². The molecule has 2 aromatic carbocycles. The number of hydrogen-bond acceptors (Lipinski definition) is 8. The first-order chi connectivity index (χ1) is 21.4. The fourth-order valence-corrected chi connectivity index (χ4v) is 5.49. The highest BCUT2D eigenvalue weighted by atomic mass is 28.4. The van der Waals surface area contributed by atoms with Gasteiger partial charge in [-0.2, -0.15) is 4.98 Å². The number of nitrogens with one attached hydrogen (secondary N) is 1. The Morgan fingerprint density at radius 2 is 1.73 bits per heavy atom. The summed E-state index contributed by atoms with van der Waals surface area (Å²) in [6.07, 6.45) is 4.03. The molecule has 0 saturated heterocycles. The van der Waals surface area contributed by atoms with Gasteiger partial charge < -0.3 is 18.4 Å². The van der Waals surface area contributed by atoms with Gasteiger partial charge in [-0.15, -0.1) is 0 Å². The van der Waals surface area contributed by atoms with Crippen molar-refractivity contribution in [1.82, 2.24) is 19.7 Å². The maximum absolute atomic E-state index is 13.0. The van der Waals surface area contributed by atoms with E-state index in [4.69, 9.17) is 18.4 Å². The van der Waals surface area contributed by atoms with E-state index in [-0.39, 0.29) is 17.2 Å². The van der Waals surface area contributed by atoms with Crippen LogP contribution in [0.5, 0.6) is 0 Å². The Balaban J connectivity index is 1.38. The number of aromatic nitrogens is 4. The van der Waals surface area contributed by atoms with Crippen LogP contribution in [0.1, 0.15) is 44.9 Å². The monoisotopic (exact) mass is 626 g/mol. The summed E-state index contributed by atoms with van der Waals surface area (Å²) >= 11 is 0. The quantitative estimate of drug-likeness (QED) is 0.154. The predicted octanol–water partition coefficient (Wildman–Crippen LogP) is 5.53. The van der Waals surface area contributed by atoms with E-state index in [1.54, 1.807) is 18.2 Å². The molecule has 10 nitrogen and oxygen atoms in total. The summed E-state index contributed by atoms with van der Waals surface area (Å²) < 4.78 is 25.3. The van der Waals surface area contributed by atoms with E-state index < -0.39 is 38.0 Å². The second-order valence-corrected chi connectivity index (χ2v) is 17.1. The predicted molar refractivity (Wildman–Crippen MR) is 174 cm³/mol. The Morgan fingerprint density at radius 3 is 2.42 bits per heavy atom. The lowest BCUT2D eigenvalue weighted by molar-refractivity contribution is -0.163. The molecule has 1 N–H and O–H groups in total. The Kier molecular flexibility index (Phi) is 9.50. The number of nitrogens with zero attached hydrogens (tertiary/aromatic N) is 3. The molecule has 2 aromatic heterocycles. The Morgan fingerprint density at radius 1 is 1.00 bits per heavy atom. The molecular weight excluding hydrogens is 588 g/mol. The molecule has 4 aromatic rings. The molecule has 1 aliphatic rings. The van der Waals surface area contributed by atoms with Crippen LogP contribution >= 0.6 is 0 Å². The zero-order chi connectivity index (χ0) is 32.2. The third kappa shape index (κ3) is 7.49. The van der Waals surface area contributed by atoms with Gasteiger partial charge in [0.15, 0.2) is 14.6 Å². The lowest BCUT2D eigenvalue weighted by atomic mass is 10.1. The van der Waals surface area contributed by atoms with Crippen LogP contribution in [-0.2, 0) is 13.9 Å². The minimum Gasteiger partial charge on any atom is -0.414 e. The summed E-state index contributed by atoms with van der Waals surface area (Å²) in [5.41, 5.74) is 1.28. The maximum Gasteiger partial charge on any atom is 0.329 e. The lowest BCUT2D eigenvalue weighted by Gasteiger charge is -2.39. The molecule has 45 heavy (non-hydrogen) atoms. The minimum absolute atomic E-state index is 0.00142. The minimum atomic E-state index is -2.11. The van der Waals surface area contributed by atoms with Gasteiger partial charge >= 0.3 is 5.69 Å². The Labute approximate surface area is 263 Å². The number of ether oxygens (including phenoxy) is 2. The van der Waals surface area contributed by atoms with Crippen LogP contribution in [0.3, 0.4) is 0 Å². The topological polar surface area (TPSA) is 121 Å². The van der Waals surface area contributed by atoms with Gasteiger partial charge in [0.1, 0.15) is 11.7 Å². The third-order valence-electron chi connectivity index (χ3n) is 8.12. The van der Waals surface area contributed by atoms with E-state index in [9.17, 15) is 9.59 Å². The van der Waals surface area contributed by atoms with Crippen molar-refractivity contribution in [3.8, 4) is 34.7 Å². The lowest BCUT2D eigenvalue weighted by Crippen LogP contribution is -2.47. The highest BCUT2D eigenvalue weighted by Crippen LogP contribution is 2.37. The smallest absolute Gasteiger partial charge is 0.329 e. The first kappa shape index (κ1) is 32.1. The second kappa shape index (κ2) is 13.3. The highest BCUT2D eigenvalue weighted by molar-refractivity contribution is 6.74. The Bertz CT molecular complexity index is 1820. The molecule has 0 radical (unpaired) electrons. The molecule has 0 amide bonds. The number of rotatable bonds is 8. The van der Waals surface area contributed by atoms with Gasteiger partial charge in [0.25, 0.3) is 11.4 Å². The van der Waals surface area contributed by atoms with Crippen molar-refractivity contribution in [1.29, 1.82) is 0 Å². The van der Waals surface area contributed by atoms with Gasteiger partial charge in [-0.1, -0.05) is 74.2 Å². The third-order valence-corrected chi connectivity index (χ3v) is 12.6. The van der Waals surface area contributed by atoms with E-state index >= 15 is 0 Å². The summed E-state index contributed by atoms with van der Waals surface area (Å²) in [6, 6.07) is 16.3. The highest BCUT2D eigenvalue weighted by Gasteiger charge is 2.39. The zero-order valence-corrected chi connectivity index (χ0v) is 27.4. The maximum atomic E-state index is 13.0. The van der Waals surface area contributed by atoms with E-state index in [0.29, 0.717) is 23.9 Å². The summed E-state index contributed by atoms with van der Waals surface area (Å²) in [4.78, 5) is 32.7. The molecule has 234 valence electrons. The van der Waals surface area contributed by atoms with Crippen LogP contribution in [0.2, 0.25) is 18.1 Å². The molecule has 5 rings (SSSR count). The van der Waals surface area contributed by atoms with Gasteiger partial charge in [-0.3, -0.25) is 14.3 Å². The van der Waals surface area contributed by atoms with Gasteiger partial charge in [-0.25, -0.2) is 4.79 Å². The first-order valence-electron chi connectivity index (χ1n) is 14.9. The molecule has 1 aliphatic heterocycles. The largest absolute Gasteiger partial charge is 0.414 e. The molecule has 0 unspecified atom stereocenters. The number of aromatic amines is 1. The molecule has 3 heterocycles. The summed E-state index contributed by atoms with van der Waals surface area (Å²) in [6.45, 7) is 13.5. The van der Waals surface area contributed by atoms with Crippen molar-refractivity contribution >= 4 is 8.32 Å². The van der Waals surface area contributed by atoms with Crippen LogP contribution in [0, 0.1) is 11.8 Å². The van der Waals surface area contributed by atoms with E-state index in [0.717, 1.165) is 11.1 Å². The van der Waals surface area contributed by atoms with Gasteiger partial charge in [0.05, 0.1) is 12.6 Å². The van der Waals surface area contributed by atoms with Crippen molar-refractivity contribution < 1.29 is 18.4 Å². The van der Waals surface area contributed by atoms with Crippen molar-refractivity contribution in [3.63, 3.8) is 0 Å². The first-order valence-corrected chi connectivity index (χ1v) is 17.8. The molecular formula is C34H38N4O6Si. The van der Waals surface area contributed by atoms with Crippen molar-refractivity contribution in [2.75, 3.05) is 13.2 Å². The van der Waals surface area contributed by atoms with Gasteiger partial charge in [0, 0.05) is 29.5 Å².